The first-order valence-corrected chi connectivity index (χ1v) is 8.12. The van der Waals surface area contributed by atoms with Gasteiger partial charge in [-0.2, -0.15) is 5.26 Å². The lowest BCUT2D eigenvalue weighted by Gasteiger charge is -2.18. The van der Waals surface area contributed by atoms with E-state index in [0.717, 1.165) is 18.4 Å². The van der Waals surface area contributed by atoms with Crippen molar-refractivity contribution in [2.45, 2.75) is 25.8 Å². The summed E-state index contributed by atoms with van der Waals surface area (Å²) in [4.78, 5) is 16.5. The molecule has 24 heavy (non-hydrogen) atoms. The average Bonchev–Trinajstić information content (AvgIpc) is 2.60. The summed E-state index contributed by atoms with van der Waals surface area (Å²) in [6.45, 7) is 2.05. The van der Waals surface area contributed by atoms with Crippen molar-refractivity contribution in [3.63, 3.8) is 0 Å². The number of aromatic nitrogens is 1. The fourth-order valence-corrected chi connectivity index (χ4v) is 2.50. The van der Waals surface area contributed by atoms with Gasteiger partial charge in [-0.3, -0.25) is 4.79 Å². The highest BCUT2D eigenvalue weighted by Crippen LogP contribution is 2.19. The Morgan fingerprint density at radius 3 is 2.67 bits per heavy atom. The molecule has 0 saturated heterocycles. The van der Waals surface area contributed by atoms with E-state index in [2.05, 4.69) is 17.2 Å². The van der Waals surface area contributed by atoms with E-state index in [1.165, 1.54) is 6.08 Å². The van der Waals surface area contributed by atoms with Crippen molar-refractivity contribution in [3.05, 3.63) is 70.5 Å². The van der Waals surface area contributed by atoms with Crippen LogP contribution < -0.4 is 5.32 Å². The number of nitriles is 1. The smallest absolute Gasteiger partial charge is 0.262 e. The Morgan fingerprint density at radius 1 is 1.29 bits per heavy atom. The monoisotopic (exact) mass is 339 g/mol. The second kappa shape index (κ2) is 8.85. The van der Waals surface area contributed by atoms with Crippen LogP contribution in [0.2, 0.25) is 5.15 Å². The van der Waals surface area contributed by atoms with Crippen LogP contribution in [0.15, 0.2) is 54.1 Å². The topological polar surface area (TPSA) is 65.8 Å². The summed E-state index contributed by atoms with van der Waals surface area (Å²) in [6.07, 6.45) is 3.15. The number of benzene rings is 1. The van der Waals surface area contributed by atoms with E-state index in [1.54, 1.807) is 18.2 Å². The molecule has 5 heteroatoms. The number of rotatable bonds is 6. The molecule has 122 valence electrons. The summed E-state index contributed by atoms with van der Waals surface area (Å²) in [6, 6.07) is 16.6. The minimum atomic E-state index is -0.415. The van der Waals surface area contributed by atoms with Gasteiger partial charge in [0.2, 0.25) is 0 Å². The van der Waals surface area contributed by atoms with Crippen LogP contribution in [0.5, 0.6) is 0 Å². The number of carbonyl (C=O) groups excluding carboxylic acids is 1. The molecule has 0 unspecified atom stereocenters. The first kappa shape index (κ1) is 17.7. The maximum atomic E-state index is 12.5. The SMILES string of the molecule is CCC[C@H](NC(=O)C(C#N)=Cc1cccc(Cl)n1)c1ccccc1. The zero-order valence-electron chi connectivity index (χ0n) is 13.4. The van der Waals surface area contributed by atoms with Crippen LogP contribution in [-0.2, 0) is 4.79 Å². The second-order valence-electron chi connectivity index (χ2n) is 5.28. The van der Waals surface area contributed by atoms with Crippen LogP contribution in [0, 0.1) is 11.3 Å². The Hall–Kier alpha value is -2.64. The number of nitrogens with zero attached hydrogens (tertiary/aromatic N) is 2. The van der Waals surface area contributed by atoms with Crippen LogP contribution in [0.25, 0.3) is 6.08 Å². The Bertz CT molecular complexity index is 766. The van der Waals surface area contributed by atoms with E-state index in [0.29, 0.717) is 10.8 Å². The lowest BCUT2D eigenvalue weighted by atomic mass is 10.0. The lowest BCUT2D eigenvalue weighted by molar-refractivity contribution is -0.117. The number of amides is 1. The fraction of sp³-hybridized carbons (Fsp3) is 0.211. The molecule has 0 bridgehead atoms. The number of pyridine rings is 1. The highest BCUT2D eigenvalue weighted by atomic mass is 35.5. The minimum absolute atomic E-state index is 0.00167. The van der Waals surface area contributed by atoms with Crippen molar-refractivity contribution in [2.75, 3.05) is 0 Å². The number of hydrogen-bond donors (Lipinski definition) is 1. The van der Waals surface area contributed by atoms with Gasteiger partial charge < -0.3 is 5.32 Å². The quantitative estimate of drug-likeness (QED) is 0.484. The van der Waals surface area contributed by atoms with Crippen LogP contribution in [0.1, 0.15) is 37.1 Å². The summed E-state index contributed by atoms with van der Waals surface area (Å²) >= 11 is 5.83. The van der Waals surface area contributed by atoms with E-state index < -0.39 is 5.91 Å². The predicted octanol–water partition coefficient (Wildman–Crippen LogP) is 4.30. The van der Waals surface area contributed by atoms with Crippen molar-refractivity contribution in [3.8, 4) is 6.07 Å². The Kier molecular flexibility index (Phi) is 6.53. The molecule has 2 aromatic rings. The first-order valence-electron chi connectivity index (χ1n) is 7.74. The zero-order chi connectivity index (χ0) is 17.4. The van der Waals surface area contributed by atoms with Crippen LogP contribution in [0.3, 0.4) is 0 Å². The third kappa shape index (κ3) is 4.94. The van der Waals surface area contributed by atoms with Gasteiger partial charge in [-0.1, -0.05) is 61.3 Å². The summed E-state index contributed by atoms with van der Waals surface area (Å²) in [5.41, 5.74) is 1.49. The molecule has 1 heterocycles. The largest absolute Gasteiger partial charge is 0.345 e. The fourth-order valence-electron chi connectivity index (χ4n) is 2.33. The van der Waals surface area contributed by atoms with Gasteiger partial charge >= 0.3 is 0 Å². The van der Waals surface area contributed by atoms with E-state index in [1.807, 2.05) is 36.4 Å². The molecule has 2 rings (SSSR count). The third-order valence-corrected chi connectivity index (χ3v) is 3.69. The molecule has 1 atom stereocenters. The molecule has 0 saturated carbocycles. The Morgan fingerprint density at radius 2 is 2.04 bits per heavy atom. The van der Waals surface area contributed by atoms with Gasteiger partial charge in [0.05, 0.1) is 11.7 Å². The van der Waals surface area contributed by atoms with Crippen LogP contribution in [0.4, 0.5) is 0 Å². The van der Waals surface area contributed by atoms with E-state index in [9.17, 15) is 10.1 Å². The molecule has 0 spiro atoms. The summed E-state index contributed by atoms with van der Waals surface area (Å²) < 4.78 is 0. The average molecular weight is 340 g/mol. The highest BCUT2D eigenvalue weighted by Gasteiger charge is 2.16. The molecule has 0 fully saturated rings. The molecule has 1 amide bonds. The van der Waals surface area contributed by atoms with Crippen molar-refractivity contribution in [2.24, 2.45) is 0 Å². The first-order chi connectivity index (χ1) is 11.6. The summed E-state index contributed by atoms with van der Waals surface area (Å²) in [5, 5.41) is 12.5. The van der Waals surface area contributed by atoms with Gasteiger partial charge in [0.25, 0.3) is 5.91 Å². The number of nitrogens with one attached hydrogen (secondary N) is 1. The maximum Gasteiger partial charge on any atom is 0.262 e. The van der Waals surface area contributed by atoms with E-state index in [4.69, 9.17) is 11.6 Å². The second-order valence-corrected chi connectivity index (χ2v) is 5.67. The molecule has 1 aromatic carbocycles. The lowest BCUT2D eigenvalue weighted by Crippen LogP contribution is -2.29. The summed E-state index contributed by atoms with van der Waals surface area (Å²) in [5.74, 6) is -0.415. The van der Waals surface area contributed by atoms with E-state index >= 15 is 0 Å². The number of hydrogen-bond acceptors (Lipinski definition) is 3. The summed E-state index contributed by atoms with van der Waals surface area (Å²) in [7, 11) is 0. The standard InChI is InChI=1S/C19H18ClN3O/c1-2-7-17(14-8-4-3-5-9-14)23-19(24)15(13-21)12-16-10-6-11-18(20)22-16/h3-6,8-12,17H,2,7H2,1H3,(H,23,24)/t17-/m0/s1. The number of carbonyl (C=O) groups is 1. The van der Waals surface area contributed by atoms with Gasteiger partial charge in [-0.15, -0.1) is 0 Å². The Labute approximate surface area is 146 Å². The molecule has 4 nitrogen and oxygen atoms in total. The zero-order valence-corrected chi connectivity index (χ0v) is 14.1. The number of halogens is 1. The van der Waals surface area contributed by atoms with Gasteiger partial charge in [-0.25, -0.2) is 4.98 Å². The molecule has 0 radical (unpaired) electrons. The van der Waals surface area contributed by atoms with Crippen LogP contribution >= 0.6 is 11.6 Å². The van der Waals surface area contributed by atoms with Gasteiger partial charge in [0.15, 0.2) is 0 Å². The predicted molar refractivity (Wildman–Crippen MR) is 95.1 cm³/mol. The molecule has 0 aliphatic heterocycles. The minimum Gasteiger partial charge on any atom is -0.345 e. The normalized spacial score (nSPS) is 12.3. The molecule has 1 N–H and O–H groups in total. The van der Waals surface area contributed by atoms with Crippen LogP contribution in [-0.4, -0.2) is 10.9 Å². The van der Waals surface area contributed by atoms with Crippen molar-refractivity contribution in [1.82, 2.24) is 10.3 Å². The molecule has 1 aromatic heterocycles. The maximum absolute atomic E-state index is 12.5. The van der Waals surface area contributed by atoms with Crippen molar-refractivity contribution >= 4 is 23.6 Å². The van der Waals surface area contributed by atoms with Crippen molar-refractivity contribution in [1.29, 1.82) is 5.26 Å². The third-order valence-electron chi connectivity index (χ3n) is 3.48. The Balaban J connectivity index is 2.20. The molecule has 0 aliphatic carbocycles. The van der Waals surface area contributed by atoms with E-state index in [-0.39, 0.29) is 11.6 Å². The van der Waals surface area contributed by atoms with Crippen molar-refractivity contribution < 1.29 is 4.79 Å². The molecular weight excluding hydrogens is 322 g/mol. The molecule has 0 aliphatic rings. The van der Waals surface area contributed by atoms with Gasteiger partial charge in [-0.05, 0) is 30.2 Å². The molecular formula is C19H18ClN3O. The van der Waals surface area contributed by atoms with Gasteiger partial charge in [0.1, 0.15) is 16.8 Å². The van der Waals surface area contributed by atoms with Gasteiger partial charge in [0, 0.05) is 0 Å². The highest BCUT2D eigenvalue weighted by molar-refractivity contribution is 6.29.